The minimum absolute atomic E-state index is 0.0837. The van der Waals surface area contributed by atoms with Crippen LogP contribution in [0.5, 0.6) is 5.75 Å². The second kappa shape index (κ2) is 6.39. The Kier molecular flexibility index (Phi) is 4.58. The fraction of sp³-hybridized carbons (Fsp3) is 0.235. The number of halogens is 1. The van der Waals surface area contributed by atoms with E-state index in [1.165, 1.54) is 17.0 Å². The molecule has 1 amide bonds. The first kappa shape index (κ1) is 15.0. The number of carbonyl (C=O) groups is 1. The van der Waals surface area contributed by atoms with Gasteiger partial charge in [-0.2, -0.15) is 0 Å². The molecule has 3 nitrogen and oxygen atoms in total. The predicted molar refractivity (Wildman–Crippen MR) is 79.9 cm³/mol. The Morgan fingerprint density at radius 1 is 1.14 bits per heavy atom. The predicted octanol–water partition coefficient (Wildman–Crippen LogP) is 3.67. The van der Waals surface area contributed by atoms with Crippen molar-refractivity contribution >= 4 is 5.91 Å². The van der Waals surface area contributed by atoms with Crippen LogP contribution in [0.1, 0.15) is 28.9 Å². The van der Waals surface area contributed by atoms with Crippen LogP contribution in [0, 0.1) is 5.82 Å². The second-order valence-corrected chi connectivity index (χ2v) is 4.85. The van der Waals surface area contributed by atoms with Crippen molar-refractivity contribution in [2.24, 2.45) is 0 Å². The van der Waals surface area contributed by atoms with Crippen molar-refractivity contribution < 1.29 is 13.9 Å². The molecular weight excluding hydrogens is 269 g/mol. The highest BCUT2D eigenvalue weighted by Gasteiger charge is 2.21. The molecule has 4 heteroatoms. The van der Waals surface area contributed by atoms with Crippen molar-refractivity contribution in [1.29, 1.82) is 0 Å². The Labute approximate surface area is 124 Å². The molecule has 0 radical (unpaired) electrons. The Morgan fingerprint density at radius 3 is 2.33 bits per heavy atom. The Balaban J connectivity index is 2.20. The molecule has 0 aromatic heterocycles. The fourth-order valence-electron chi connectivity index (χ4n) is 2.11. The molecule has 0 heterocycles. The van der Waals surface area contributed by atoms with E-state index in [1.54, 1.807) is 26.3 Å². The molecule has 2 aromatic carbocycles. The van der Waals surface area contributed by atoms with Crippen molar-refractivity contribution in [3.8, 4) is 5.75 Å². The summed E-state index contributed by atoms with van der Waals surface area (Å²) in [7, 11) is 3.27. The largest absolute Gasteiger partial charge is 0.497 e. The molecule has 0 aliphatic carbocycles. The summed E-state index contributed by atoms with van der Waals surface area (Å²) >= 11 is 0. The van der Waals surface area contributed by atoms with Gasteiger partial charge in [0.05, 0.1) is 18.7 Å². The standard InChI is InChI=1S/C17H18FNO2/c1-12(13-8-10-14(21-3)11-9-13)19(2)17(20)15-6-4-5-7-16(15)18/h4-12H,1-3H3. The average molecular weight is 287 g/mol. The van der Waals surface area contributed by atoms with Gasteiger partial charge >= 0.3 is 0 Å². The first-order valence-corrected chi connectivity index (χ1v) is 6.70. The number of carbonyl (C=O) groups excluding carboxylic acids is 1. The van der Waals surface area contributed by atoms with Gasteiger partial charge in [-0.15, -0.1) is 0 Å². The maximum absolute atomic E-state index is 13.7. The Hall–Kier alpha value is -2.36. The lowest BCUT2D eigenvalue weighted by Crippen LogP contribution is -2.30. The molecule has 110 valence electrons. The first-order valence-electron chi connectivity index (χ1n) is 6.70. The van der Waals surface area contributed by atoms with Crippen LogP contribution < -0.4 is 4.74 Å². The zero-order chi connectivity index (χ0) is 15.4. The molecule has 0 spiro atoms. The van der Waals surface area contributed by atoms with Crippen LogP contribution in [0.25, 0.3) is 0 Å². The van der Waals surface area contributed by atoms with Crippen LogP contribution in [-0.2, 0) is 0 Å². The smallest absolute Gasteiger partial charge is 0.257 e. The highest BCUT2D eigenvalue weighted by atomic mass is 19.1. The van der Waals surface area contributed by atoms with E-state index in [1.807, 2.05) is 31.2 Å². The molecule has 2 rings (SSSR count). The molecule has 2 aromatic rings. The highest BCUT2D eigenvalue weighted by Crippen LogP contribution is 2.23. The molecule has 1 atom stereocenters. The van der Waals surface area contributed by atoms with Crippen molar-refractivity contribution in [3.63, 3.8) is 0 Å². The number of methoxy groups -OCH3 is 1. The van der Waals surface area contributed by atoms with Crippen LogP contribution in [0.4, 0.5) is 4.39 Å². The number of amides is 1. The van der Waals surface area contributed by atoms with E-state index in [2.05, 4.69) is 0 Å². The fourth-order valence-corrected chi connectivity index (χ4v) is 2.11. The summed E-state index contributed by atoms with van der Waals surface area (Å²) < 4.78 is 18.8. The van der Waals surface area contributed by atoms with Crippen LogP contribution in [0.2, 0.25) is 0 Å². The number of hydrogen-bond acceptors (Lipinski definition) is 2. The van der Waals surface area contributed by atoms with Gasteiger partial charge in [-0.1, -0.05) is 24.3 Å². The Bertz CT molecular complexity index is 625. The summed E-state index contributed by atoms with van der Waals surface area (Å²) in [6.07, 6.45) is 0. The monoisotopic (exact) mass is 287 g/mol. The van der Waals surface area contributed by atoms with Crippen molar-refractivity contribution in [1.82, 2.24) is 4.90 Å². The maximum Gasteiger partial charge on any atom is 0.257 e. The van der Waals surface area contributed by atoms with Crippen LogP contribution in [0.3, 0.4) is 0 Å². The summed E-state index contributed by atoms with van der Waals surface area (Å²) in [5, 5.41) is 0. The summed E-state index contributed by atoms with van der Waals surface area (Å²) in [6, 6.07) is 13.3. The normalized spacial score (nSPS) is 11.8. The summed E-state index contributed by atoms with van der Waals surface area (Å²) in [5.74, 6) is -0.0817. The molecule has 0 aliphatic heterocycles. The van der Waals surface area contributed by atoms with E-state index in [-0.39, 0.29) is 17.5 Å². The average Bonchev–Trinajstić information content (AvgIpc) is 2.53. The first-order chi connectivity index (χ1) is 10.0. The summed E-state index contributed by atoms with van der Waals surface area (Å²) in [4.78, 5) is 13.9. The maximum atomic E-state index is 13.7. The lowest BCUT2D eigenvalue weighted by molar-refractivity contribution is 0.0738. The zero-order valence-corrected chi connectivity index (χ0v) is 12.3. The lowest BCUT2D eigenvalue weighted by Gasteiger charge is -2.25. The number of rotatable bonds is 4. The molecule has 0 saturated heterocycles. The third kappa shape index (κ3) is 3.21. The molecule has 0 fully saturated rings. The molecule has 0 aliphatic rings. The van der Waals surface area contributed by atoms with Gasteiger partial charge in [0.25, 0.3) is 5.91 Å². The van der Waals surface area contributed by atoms with Gasteiger partial charge in [0.1, 0.15) is 11.6 Å². The van der Waals surface area contributed by atoms with Crippen molar-refractivity contribution in [2.75, 3.05) is 14.2 Å². The number of nitrogens with zero attached hydrogens (tertiary/aromatic N) is 1. The third-order valence-electron chi connectivity index (χ3n) is 3.60. The molecule has 0 saturated carbocycles. The van der Waals surface area contributed by atoms with Gasteiger partial charge < -0.3 is 9.64 Å². The van der Waals surface area contributed by atoms with Gasteiger partial charge in [-0.05, 0) is 36.8 Å². The van der Waals surface area contributed by atoms with Crippen LogP contribution >= 0.6 is 0 Å². The van der Waals surface area contributed by atoms with E-state index >= 15 is 0 Å². The van der Waals surface area contributed by atoms with Gasteiger partial charge in [0.15, 0.2) is 0 Å². The highest BCUT2D eigenvalue weighted by molar-refractivity contribution is 5.94. The van der Waals surface area contributed by atoms with Gasteiger partial charge in [0.2, 0.25) is 0 Å². The van der Waals surface area contributed by atoms with E-state index in [9.17, 15) is 9.18 Å². The minimum Gasteiger partial charge on any atom is -0.497 e. The summed E-state index contributed by atoms with van der Waals surface area (Å²) in [6.45, 7) is 1.90. The van der Waals surface area contributed by atoms with Gasteiger partial charge in [-0.25, -0.2) is 4.39 Å². The number of hydrogen-bond donors (Lipinski definition) is 0. The third-order valence-corrected chi connectivity index (χ3v) is 3.60. The van der Waals surface area contributed by atoms with Crippen molar-refractivity contribution in [3.05, 3.63) is 65.5 Å². The van der Waals surface area contributed by atoms with E-state index in [0.29, 0.717) is 0 Å². The van der Waals surface area contributed by atoms with Gasteiger partial charge in [0, 0.05) is 7.05 Å². The molecule has 21 heavy (non-hydrogen) atoms. The van der Waals surface area contributed by atoms with E-state index in [4.69, 9.17) is 4.74 Å². The van der Waals surface area contributed by atoms with E-state index in [0.717, 1.165) is 11.3 Å². The van der Waals surface area contributed by atoms with Crippen molar-refractivity contribution in [2.45, 2.75) is 13.0 Å². The Morgan fingerprint density at radius 2 is 1.76 bits per heavy atom. The lowest BCUT2D eigenvalue weighted by atomic mass is 10.1. The zero-order valence-electron chi connectivity index (χ0n) is 12.3. The SMILES string of the molecule is COc1ccc(C(C)N(C)C(=O)c2ccccc2F)cc1. The summed E-state index contributed by atoms with van der Waals surface area (Å²) in [5.41, 5.74) is 1.04. The van der Waals surface area contributed by atoms with E-state index < -0.39 is 5.82 Å². The second-order valence-electron chi connectivity index (χ2n) is 4.85. The van der Waals surface area contributed by atoms with Crippen LogP contribution in [0.15, 0.2) is 48.5 Å². The topological polar surface area (TPSA) is 29.5 Å². The van der Waals surface area contributed by atoms with Gasteiger partial charge in [-0.3, -0.25) is 4.79 Å². The minimum atomic E-state index is -0.503. The molecule has 1 unspecified atom stereocenters. The molecule has 0 bridgehead atoms. The van der Waals surface area contributed by atoms with Crippen LogP contribution in [-0.4, -0.2) is 25.0 Å². The number of benzene rings is 2. The molecular formula is C17H18FNO2. The molecule has 0 N–H and O–H groups in total. The quantitative estimate of drug-likeness (QED) is 0.858. The number of ether oxygens (including phenoxy) is 1.